The molecule has 2 saturated heterocycles. The molecule has 262 valence electrons. The Morgan fingerprint density at radius 1 is 0.812 bits per heavy atom. The molecule has 0 bridgehead atoms. The number of piperidine rings is 2. The highest BCUT2D eigenvalue weighted by Crippen LogP contribution is 2.47. The summed E-state index contributed by atoms with van der Waals surface area (Å²) in [5.41, 5.74) is -0.778. The number of oxazole rings is 2. The third-order valence-corrected chi connectivity index (χ3v) is 12.6. The van der Waals surface area contributed by atoms with Crippen molar-refractivity contribution in [1.29, 1.82) is 0 Å². The fourth-order valence-corrected chi connectivity index (χ4v) is 9.59. The van der Waals surface area contributed by atoms with E-state index in [4.69, 9.17) is 8.83 Å². The average Bonchev–Trinajstić information content (AvgIpc) is 3.97. The van der Waals surface area contributed by atoms with Crippen molar-refractivity contribution < 1.29 is 28.0 Å². The largest absolute Gasteiger partial charge is 0.442 e. The summed E-state index contributed by atoms with van der Waals surface area (Å²) in [6.45, 7) is 4.63. The van der Waals surface area contributed by atoms with E-state index < -0.39 is 5.41 Å². The summed E-state index contributed by atoms with van der Waals surface area (Å²) >= 11 is 0. The van der Waals surface area contributed by atoms with Gasteiger partial charge in [0.05, 0.1) is 12.4 Å². The molecule has 2 amide bonds. The van der Waals surface area contributed by atoms with Crippen LogP contribution in [0.2, 0.25) is 0 Å². The summed E-state index contributed by atoms with van der Waals surface area (Å²) in [5, 5.41) is 0. The van der Waals surface area contributed by atoms with E-state index in [9.17, 15) is 19.2 Å². The molecule has 2 atom stereocenters. The van der Waals surface area contributed by atoms with Crippen molar-refractivity contribution in [3.63, 3.8) is 0 Å². The average molecular weight is 663 g/mol. The van der Waals surface area contributed by atoms with E-state index in [0.717, 1.165) is 57.8 Å². The molecule has 2 aromatic heterocycles. The topological polar surface area (TPSA) is 127 Å². The van der Waals surface area contributed by atoms with Gasteiger partial charge in [-0.25, -0.2) is 9.97 Å². The van der Waals surface area contributed by atoms with Crippen LogP contribution in [0.4, 0.5) is 0 Å². The van der Waals surface area contributed by atoms with Gasteiger partial charge in [0.15, 0.2) is 0 Å². The molecule has 2 saturated carbocycles. The number of amides is 2. The molecular weight excluding hydrogens is 608 g/mol. The summed E-state index contributed by atoms with van der Waals surface area (Å²) in [7, 11) is 0. The Bertz CT molecular complexity index is 1350. The first-order chi connectivity index (χ1) is 23.4. The van der Waals surface area contributed by atoms with Crippen LogP contribution in [0.1, 0.15) is 137 Å². The van der Waals surface area contributed by atoms with Crippen molar-refractivity contribution in [2.45, 2.75) is 116 Å². The lowest BCUT2D eigenvalue weighted by molar-refractivity contribution is -0.137. The molecule has 2 aromatic rings. The van der Waals surface area contributed by atoms with Gasteiger partial charge in [-0.15, -0.1) is 0 Å². The van der Waals surface area contributed by atoms with Crippen LogP contribution in [0.5, 0.6) is 0 Å². The Morgan fingerprint density at radius 2 is 1.42 bits per heavy atom. The molecule has 2 aliphatic carbocycles. The van der Waals surface area contributed by atoms with Crippen molar-refractivity contribution in [3.05, 3.63) is 36.7 Å². The molecule has 0 aromatic carbocycles. The van der Waals surface area contributed by atoms with Crippen molar-refractivity contribution in [1.82, 2.24) is 19.8 Å². The molecule has 10 nitrogen and oxygen atoms in total. The highest BCUT2D eigenvalue weighted by Gasteiger charge is 2.48. The molecule has 0 N–H and O–H groups in total. The maximum Gasteiger partial charge on any atom is 0.263 e. The maximum absolute atomic E-state index is 14.3. The summed E-state index contributed by atoms with van der Waals surface area (Å²) in [4.78, 5) is 67.2. The zero-order chi connectivity index (χ0) is 33.5. The van der Waals surface area contributed by atoms with Gasteiger partial charge in [0, 0.05) is 49.9 Å². The van der Waals surface area contributed by atoms with Gasteiger partial charge < -0.3 is 18.6 Å². The molecular formula is C38H54N4O6. The summed E-state index contributed by atoms with van der Waals surface area (Å²) in [6, 6.07) is 0. The van der Waals surface area contributed by atoms with Gasteiger partial charge >= 0.3 is 0 Å². The molecule has 0 spiro atoms. The van der Waals surface area contributed by atoms with Gasteiger partial charge in [-0.1, -0.05) is 45.4 Å². The van der Waals surface area contributed by atoms with Crippen LogP contribution in [0.3, 0.4) is 0 Å². The number of carbonyl (C=O) groups is 4. The highest BCUT2D eigenvalue weighted by molar-refractivity contribution is 5.97. The number of hydrogen-bond acceptors (Lipinski definition) is 8. The van der Waals surface area contributed by atoms with Crippen LogP contribution >= 0.6 is 0 Å². The minimum atomic E-state index is -0.778. The Hall–Kier alpha value is -3.30. The lowest BCUT2D eigenvalue weighted by atomic mass is 9.62. The predicted molar refractivity (Wildman–Crippen MR) is 179 cm³/mol. The predicted octanol–water partition coefficient (Wildman–Crippen LogP) is 7.16. The van der Waals surface area contributed by atoms with Gasteiger partial charge in [0.25, 0.3) is 11.8 Å². The second-order valence-electron chi connectivity index (χ2n) is 15.0. The fourth-order valence-electron chi connectivity index (χ4n) is 9.59. The quantitative estimate of drug-likeness (QED) is 0.195. The molecule has 2 unspecified atom stereocenters. The van der Waals surface area contributed by atoms with E-state index in [0.29, 0.717) is 57.8 Å². The highest BCUT2D eigenvalue weighted by atomic mass is 16.4. The Balaban J connectivity index is 1.16. The lowest BCUT2D eigenvalue weighted by Gasteiger charge is -2.44. The molecule has 4 aliphatic rings. The smallest absolute Gasteiger partial charge is 0.263 e. The van der Waals surface area contributed by atoms with Gasteiger partial charge in [0.2, 0.25) is 23.4 Å². The van der Waals surface area contributed by atoms with Crippen LogP contribution < -0.4 is 0 Å². The molecule has 4 heterocycles. The van der Waals surface area contributed by atoms with E-state index in [2.05, 4.69) is 16.9 Å². The van der Waals surface area contributed by atoms with Gasteiger partial charge in [-0.2, -0.15) is 0 Å². The number of aromatic nitrogens is 2. The van der Waals surface area contributed by atoms with Crippen molar-refractivity contribution in [2.24, 2.45) is 35.0 Å². The molecule has 0 radical (unpaired) electrons. The number of rotatable bonds is 14. The Labute approximate surface area is 284 Å². The molecule has 2 aliphatic heterocycles. The summed E-state index contributed by atoms with van der Waals surface area (Å²) in [5.74, 6) is 1.02. The van der Waals surface area contributed by atoms with Gasteiger partial charge in [-0.3, -0.25) is 19.2 Å². The molecule has 6 rings (SSSR count). The maximum atomic E-state index is 14.3. The number of nitrogens with zero attached hydrogens (tertiary/aromatic N) is 4. The van der Waals surface area contributed by atoms with Crippen molar-refractivity contribution in [2.75, 3.05) is 26.2 Å². The SMILES string of the molecule is CCC(CCC(C(=O)c1ncco1)C1CCN(C(=O)CCC2CCCC2)CC1)(C(=O)c1ncco1)C1CCN(C(=O)C2CCCC2)CC1. The second kappa shape index (κ2) is 15.9. The minimum Gasteiger partial charge on any atom is -0.442 e. The van der Waals surface area contributed by atoms with Crippen molar-refractivity contribution in [3.8, 4) is 0 Å². The molecule has 4 fully saturated rings. The number of ketones is 2. The molecule has 10 heteroatoms. The normalized spacial score (nSPS) is 22.2. The van der Waals surface area contributed by atoms with E-state index in [1.807, 2.05) is 9.80 Å². The Morgan fingerprint density at radius 3 is 2.02 bits per heavy atom. The number of Topliss-reactive ketones (excluding diaryl/α,β-unsaturated/α-hetero) is 2. The van der Waals surface area contributed by atoms with Crippen LogP contribution in [-0.2, 0) is 9.59 Å². The fraction of sp³-hybridized carbons (Fsp3) is 0.737. The van der Waals surface area contributed by atoms with Crippen LogP contribution in [-0.4, -0.2) is 69.3 Å². The minimum absolute atomic E-state index is 0.0337. The van der Waals surface area contributed by atoms with E-state index in [-0.39, 0.29) is 58.8 Å². The monoisotopic (exact) mass is 662 g/mol. The van der Waals surface area contributed by atoms with E-state index in [1.54, 1.807) is 0 Å². The summed E-state index contributed by atoms with van der Waals surface area (Å²) in [6.07, 6.45) is 21.3. The number of carbonyl (C=O) groups excluding carboxylic acids is 4. The van der Waals surface area contributed by atoms with Crippen LogP contribution in [0, 0.1) is 35.0 Å². The third-order valence-electron chi connectivity index (χ3n) is 12.6. The lowest BCUT2D eigenvalue weighted by Crippen LogP contribution is -2.48. The third kappa shape index (κ3) is 7.62. The Kier molecular flexibility index (Phi) is 11.5. The van der Waals surface area contributed by atoms with Gasteiger partial charge in [0.1, 0.15) is 12.5 Å². The van der Waals surface area contributed by atoms with E-state index >= 15 is 0 Å². The first kappa shape index (κ1) is 34.6. The zero-order valence-electron chi connectivity index (χ0n) is 28.8. The standard InChI is InChI=1S/C38H54N4O6/c1-2-38(34(45)36-40-20-26-48-36,30-16-23-42(24-17-30)37(46)29-9-5-6-10-29)18-13-31(33(44)35-39-19-25-47-35)28-14-21-41(22-15-28)32(43)12-11-27-7-3-4-8-27/h19-20,25-31H,2-18,21-24H2,1H3. The second-order valence-corrected chi connectivity index (χ2v) is 15.0. The first-order valence-electron chi connectivity index (χ1n) is 18.8. The van der Waals surface area contributed by atoms with E-state index in [1.165, 1.54) is 50.6 Å². The van der Waals surface area contributed by atoms with Crippen LogP contribution in [0.15, 0.2) is 33.8 Å². The first-order valence-corrected chi connectivity index (χ1v) is 18.8. The van der Waals surface area contributed by atoms with Crippen LogP contribution in [0.25, 0.3) is 0 Å². The number of hydrogen-bond donors (Lipinski definition) is 0. The summed E-state index contributed by atoms with van der Waals surface area (Å²) < 4.78 is 11.1. The number of likely N-dealkylation sites (tertiary alicyclic amines) is 2. The zero-order valence-corrected chi connectivity index (χ0v) is 28.8. The molecule has 48 heavy (non-hydrogen) atoms. The van der Waals surface area contributed by atoms with Gasteiger partial charge in [-0.05, 0) is 82.0 Å². The van der Waals surface area contributed by atoms with Crippen molar-refractivity contribution >= 4 is 23.4 Å².